The van der Waals surface area contributed by atoms with E-state index < -0.39 is 0 Å². The topological polar surface area (TPSA) is 59.5 Å². The standard InChI is InChI=1S/C29H40N4O3/c1-22(34)33-13-10-27(11-14-33)36-28-8-7-25-19-32(16-15-30(2)29(25)17-28)21-26(35)20-31-12-9-23-5-3-4-6-24(23)18-31/h3-8,17,26-27,35H,9-16,18-21H2,1-2H3. The molecule has 3 aliphatic rings. The number of carbonyl (C=O) groups excluding carboxylic acids is 1. The smallest absolute Gasteiger partial charge is 0.219 e. The first kappa shape index (κ1) is 25.1. The van der Waals surface area contributed by atoms with Gasteiger partial charge in [-0.3, -0.25) is 14.6 Å². The predicted molar refractivity (Wildman–Crippen MR) is 142 cm³/mol. The maximum Gasteiger partial charge on any atom is 0.219 e. The van der Waals surface area contributed by atoms with E-state index in [1.54, 1.807) is 6.92 Å². The lowest BCUT2D eigenvalue weighted by Crippen LogP contribution is -2.42. The third-order valence-electron chi connectivity index (χ3n) is 7.95. The van der Waals surface area contributed by atoms with Crippen LogP contribution in [0, 0.1) is 0 Å². The maximum absolute atomic E-state index is 11.6. The highest BCUT2D eigenvalue weighted by atomic mass is 16.5. The number of nitrogens with zero attached hydrogens (tertiary/aromatic N) is 4. The van der Waals surface area contributed by atoms with Gasteiger partial charge in [-0.1, -0.05) is 30.3 Å². The number of carbonyl (C=O) groups is 1. The molecule has 3 heterocycles. The van der Waals surface area contributed by atoms with Crippen molar-refractivity contribution in [2.24, 2.45) is 0 Å². The van der Waals surface area contributed by atoms with E-state index in [1.807, 2.05) is 4.90 Å². The molecule has 1 atom stereocenters. The van der Waals surface area contributed by atoms with Gasteiger partial charge in [0.25, 0.3) is 0 Å². The lowest BCUT2D eigenvalue weighted by Gasteiger charge is -2.32. The molecule has 0 radical (unpaired) electrons. The molecule has 7 heteroatoms. The first-order valence-corrected chi connectivity index (χ1v) is 13.4. The number of aliphatic hydroxyl groups is 1. The molecule has 0 saturated carbocycles. The van der Waals surface area contributed by atoms with E-state index in [0.29, 0.717) is 13.1 Å². The highest BCUT2D eigenvalue weighted by Crippen LogP contribution is 2.30. The Kier molecular flexibility index (Phi) is 7.79. The summed E-state index contributed by atoms with van der Waals surface area (Å²) in [5.41, 5.74) is 5.31. The highest BCUT2D eigenvalue weighted by molar-refractivity contribution is 5.73. The van der Waals surface area contributed by atoms with Crippen LogP contribution >= 0.6 is 0 Å². The molecule has 0 aromatic heterocycles. The minimum atomic E-state index is -0.370. The summed E-state index contributed by atoms with van der Waals surface area (Å²) in [5.74, 6) is 1.05. The molecule has 36 heavy (non-hydrogen) atoms. The van der Waals surface area contributed by atoms with Crippen molar-refractivity contribution in [3.05, 3.63) is 59.2 Å². The molecule has 1 saturated heterocycles. The molecular weight excluding hydrogens is 452 g/mol. The van der Waals surface area contributed by atoms with Gasteiger partial charge < -0.3 is 19.6 Å². The van der Waals surface area contributed by atoms with Gasteiger partial charge in [0.1, 0.15) is 11.9 Å². The fourth-order valence-corrected chi connectivity index (χ4v) is 5.84. The van der Waals surface area contributed by atoms with E-state index >= 15 is 0 Å². The predicted octanol–water partition coefficient (Wildman–Crippen LogP) is 2.75. The fraction of sp³-hybridized carbons (Fsp3) is 0.552. The molecule has 1 N–H and O–H groups in total. The summed E-state index contributed by atoms with van der Waals surface area (Å²) in [4.78, 5) is 20.6. The van der Waals surface area contributed by atoms with Crippen molar-refractivity contribution in [3.63, 3.8) is 0 Å². The number of hydrogen-bond donors (Lipinski definition) is 1. The Morgan fingerprint density at radius 1 is 0.944 bits per heavy atom. The van der Waals surface area contributed by atoms with Crippen LogP contribution in [0.3, 0.4) is 0 Å². The van der Waals surface area contributed by atoms with Gasteiger partial charge in [0, 0.05) is 97.5 Å². The average Bonchev–Trinajstić information content (AvgIpc) is 3.02. The molecule has 5 rings (SSSR count). The van der Waals surface area contributed by atoms with Crippen LogP contribution < -0.4 is 9.64 Å². The number of fused-ring (bicyclic) bond motifs is 2. The van der Waals surface area contributed by atoms with Crippen molar-refractivity contribution in [3.8, 4) is 5.75 Å². The number of aliphatic hydroxyl groups excluding tert-OH is 1. The van der Waals surface area contributed by atoms with E-state index in [4.69, 9.17) is 4.74 Å². The molecule has 1 unspecified atom stereocenters. The Balaban J connectivity index is 1.16. The molecule has 194 valence electrons. The number of anilines is 1. The number of hydrogen-bond acceptors (Lipinski definition) is 6. The Morgan fingerprint density at radius 2 is 1.64 bits per heavy atom. The lowest BCUT2D eigenvalue weighted by atomic mass is 10.00. The molecule has 2 aromatic carbocycles. The summed E-state index contributed by atoms with van der Waals surface area (Å²) in [7, 11) is 2.14. The summed E-state index contributed by atoms with van der Waals surface area (Å²) in [6, 6.07) is 15.1. The van der Waals surface area contributed by atoms with Crippen LogP contribution in [0.4, 0.5) is 5.69 Å². The van der Waals surface area contributed by atoms with Crippen molar-refractivity contribution in [1.29, 1.82) is 0 Å². The second-order valence-corrected chi connectivity index (χ2v) is 10.7. The quantitative estimate of drug-likeness (QED) is 0.669. The summed E-state index contributed by atoms with van der Waals surface area (Å²) >= 11 is 0. The summed E-state index contributed by atoms with van der Waals surface area (Å²) in [5, 5.41) is 10.9. The monoisotopic (exact) mass is 492 g/mol. The van der Waals surface area contributed by atoms with Crippen molar-refractivity contribution in [2.75, 3.05) is 57.8 Å². The molecule has 0 spiro atoms. The first-order valence-electron chi connectivity index (χ1n) is 13.4. The Labute approximate surface area is 215 Å². The third kappa shape index (κ3) is 6.02. The largest absolute Gasteiger partial charge is 0.490 e. The second kappa shape index (κ2) is 11.2. The number of benzene rings is 2. The Bertz CT molecular complexity index is 1050. The Morgan fingerprint density at radius 3 is 2.39 bits per heavy atom. The SMILES string of the molecule is CC(=O)N1CCC(Oc2ccc3c(c2)N(C)CCN(CC(O)CN2CCc4ccccc4C2)C3)CC1. The molecule has 1 fully saturated rings. The fourth-order valence-electron chi connectivity index (χ4n) is 5.84. The van der Waals surface area contributed by atoms with Crippen LogP contribution in [-0.2, 0) is 24.3 Å². The van der Waals surface area contributed by atoms with Gasteiger partial charge in [0.15, 0.2) is 0 Å². The minimum absolute atomic E-state index is 0.149. The summed E-state index contributed by atoms with van der Waals surface area (Å²) in [6.07, 6.45) is 2.60. The zero-order valence-corrected chi connectivity index (χ0v) is 21.7. The number of piperidine rings is 1. The zero-order chi connectivity index (χ0) is 25.1. The van der Waals surface area contributed by atoms with Crippen LogP contribution in [0.25, 0.3) is 0 Å². The lowest BCUT2D eigenvalue weighted by molar-refractivity contribution is -0.130. The average molecular weight is 493 g/mol. The first-order chi connectivity index (χ1) is 17.4. The van der Waals surface area contributed by atoms with Crippen LogP contribution in [0.15, 0.2) is 42.5 Å². The van der Waals surface area contributed by atoms with Crippen molar-refractivity contribution >= 4 is 11.6 Å². The van der Waals surface area contributed by atoms with E-state index in [2.05, 4.69) is 64.2 Å². The van der Waals surface area contributed by atoms with Crippen molar-refractivity contribution in [2.45, 2.75) is 51.5 Å². The number of β-amino-alcohol motifs (C(OH)–C–C–N with tert-alkyl or cyclic N) is 1. The number of likely N-dealkylation sites (tertiary alicyclic amines) is 1. The van der Waals surface area contributed by atoms with Gasteiger partial charge in [-0.2, -0.15) is 0 Å². The maximum atomic E-state index is 11.6. The van der Waals surface area contributed by atoms with Crippen LogP contribution in [-0.4, -0.2) is 90.8 Å². The zero-order valence-electron chi connectivity index (χ0n) is 21.7. The second-order valence-electron chi connectivity index (χ2n) is 10.7. The molecule has 1 amide bonds. The molecule has 3 aliphatic heterocycles. The van der Waals surface area contributed by atoms with Crippen molar-refractivity contribution < 1.29 is 14.6 Å². The Hall–Kier alpha value is -2.61. The molecule has 7 nitrogen and oxygen atoms in total. The van der Waals surface area contributed by atoms with Crippen molar-refractivity contribution in [1.82, 2.24) is 14.7 Å². The van der Waals surface area contributed by atoms with E-state index in [-0.39, 0.29) is 18.1 Å². The summed E-state index contributed by atoms with van der Waals surface area (Å²) < 4.78 is 6.32. The van der Waals surface area contributed by atoms with Gasteiger partial charge in [0.05, 0.1) is 6.10 Å². The van der Waals surface area contributed by atoms with Crippen LogP contribution in [0.2, 0.25) is 0 Å². The van der Waals surface area contributed by atoms with Crippen LogP contribution in [0.5, 0.6) is 5.75 Å². The number of likely N-dealkylation sites (N-methyl/N-ethyl adjacent to an activating group) is 1. The number of amides is 1. The number of rotatable bonds is 6. The van der Waals surface area contributed by atoms with Gasteiger partial charge in [-0.15, -0.1) is 0 Å². The normalized spacial score (nSPS) is 20.4. The molecule has 0 bridgehead atoms. The van der Waals surface area contributed by atoms with E-state index in [1.165, 1.54) is 22.4 Å². The third-order valence-corrected chi connectivity index (χ3v) is 7.95. The van der Waals surface area contributed by atoms with E-state index in [9.17, 15) is 9.90 Å². The van der Waals surface area contributed by atoms with Crippen LogP contribution in [0.1, 0.15) is 36.5 Å². The van der Waals surface area contributed by atoms with Gasteiger partial charge in [0.2, 0.25) is 5.91 Å². The van der Waals surface area contributed by atoms with Gasteiger partial charge in [-0.25, -0.2) is 0 Å². The highest BCUT2D eigenvalue weighted by Gasteiger charge is 2.25. The summed E-state index contributed by atoms with van der Waals surface area (Å²) in [6.45, 7) is 9.17. The van der Waals surface area contributed by atoms with E-state index in [0.717, 1.165) is 70.8 Å². The molecule has 2 aromatic rings. The minimum Gasteiger partial charge on any atom is -0.490 e. The van der Waals surface area contributed by atoms with Gasteiger partial charge in [-0.05, 0) is 29.2 Å². The number of ether oxygens (including phenoxy) is 1. The molecule has 0 aliphatic carbocycles. The van der Waals surface area contributed by atoms with Gasteiger partial charge >= 0.3 is 0 Å². The molecular formula is C29H40N4O3.